The highest BCUT2D eigenvalue weighted by Crippen LogP contribution is 2.12. The van der Waals surface area contributed by atoms with Gasteiger partial charge < -0.3 is 9.30 Å². The number of aromatic nitrogens is 1. The van der Waals surface area contributed by atoms with E-state index < -0.39 is 0 Å². The maximum absolute atomic E-state index is 11.2. The molecule has 1 aromatic heterocycles. The number of ether oxygens (including phenoxy) is 1. The lowest BCUT2D eigenvalue weighted by Gasteiger charge is -2.05. The molecule has 0 fully saturated rings. The molecule has 0 spiro atoms. The van der Waals surface area contributed by atoms with Crippen LogP contribution in [0.4, 0.5) is 0 Å². The molecule has 82 valence electrons. The molecule has 0 saturated carbocycles. The maximum atomic E-state index is 11.2. The Morgan fingerprint density at radius 3 is 2.67 bits per heavy atom. The third-order valence-corrected chi connectivity index (χ3v) is 2.14. The van der Waals surface area contributed by atoms with Gasteiger partial charge in [0.1, 0.15) is 0 Å². The SMILES string of the molecule is CCOC(=O)/C=C(/C)n1cc(C)cc1C. The highest BCUT2D eigenvalue weighted by molar-refractivity contribution is 5.87. The first-order chi connectivity index (χ1) is 7.04. The quantitative estimate of drug-likeness (QED) is 0.563. The van der Waals surface area contributed by atoms with Crippen molar-refractivity contribution in [1.29, 1.82) is 0 Å². The van der Waals surface area contributed by atoms with Crippen LogP contribution in [0, 0.1) is 13.8 Å². The molecular weight excluding hydrogens is 190 g/mol. The summed E-state index contributed by atoms with van der Waals surface area (Å²) in [5.74, 6) is -0.291. The van der Waals surface area contributed by atoms with Crippen molar-refractivity contribution >= 4 is 11.7 Å². The highest BCUT2D eigenvalue weighted by Gasteiger charge is 2.03. The predicted molar refractivity (Wildman–Crippen MR) is 60.5 cm³/mol. The molecule has 0 aliphatic heterocycles. The minimum Gasteiger partial charge on any atom is -0.463 e. The molecule has 0 aliphatic carbocycles. The minimum absolute atomic E-state index is 0.291. The molecule has 15 heavy (non-hydrogen) atoms. The fourth-order valence-electron chi connectivity index (χ4n) is 1.55. The van der Waals surface area contributed by atoms with Gasteiger partial charge in [-0.1, -0.05) is 0 Å². The van der Waals surface area contributed by atoms with Gasteiger partial charge >= 0.3 is 5.97 Å². The molecule has 1 heterocycles. The van der Waals surface area contributed by atoms with Crippen molar-refractivity contribution in [1.82, 2.24) is 4.57 Å². The summed E-state index contributed by atoms with van der Waals surface area (Å²) in [5.41, 5.74) is 3.17. The summed E-state index contributed by atoms with van der Waals surface area (Å²) in [7, 11) is 0. The van der Waals surface area contributed by atoms with E-state index in [1.165, 1.54) is 11.6 Å². The van der Waals surface area contributed by atoms with E-state index in [0.29, 0.717) is 6.61 Å². The number of carbonyl (C=O) groups excluding carboxylic acids is 1. The molecule has 0 unspecified atom stereocenters. The van der Waals surface area contributed by atoms with E-state index in [2.05, 4.69) is 6.07 Å². The standard InChI is InChI=1S/C12H17NO2/c1-5-15-12(14)7-11(4)13-8-9(2)6-10(13)3/h6-8H,5H2,1-4H3/b11-7-. The van der Waals surface area contributed by atoms with Crippen molar-refractivity contribution < 1.29 is 9.53 Å². The number of aryl methyl sites for hydroxylation is 2. The van der Waals surface area contributed by atoms with Gasteiger partial charge in [-0.2, -0.15) is 0 Å². The molecule has 0 radical (unpaired) electrons. The second-order valence-electron chi connectivity index (χ2n) is 3.57. The Morgan fingerprint density at radius 2 is 2.20 bits per heavy atom. The first-order valence-corrected chi connectivity index (χ1v) is 5.05. The first-order valence-electron chi connectivity index (χ1n) is 5.05. The van der Waals surface area contributed by atoms with Crippen LogP contribution in [0.1, 0.15) is 25.1 Å². The van der Waals surface area contributed by atoms with E-state index in [0.717, 1.165) is 11.4 Å². The van der Waals surface area contributed by atoms with Crippen molar-refractivity contribution in [2.24, 2.45) is 0 Å². The Hall–Kier alpha value is -1.51. The Kier molecular flexibility index (Phi) is 3.72. The third-order valence-electron chi connectivity index (χ3n) is 2.14. The highest BCUT2D eigenvalue weighted by atomic mass is 16.5. The van der Waals surface area contributed by atoms with Gasteiger partial charge in [-0.25, -0.2) is 4.79 Å². The molecule has 3 heteroatoms. The van der Waals surface area contributed by atoms with E-state index in [1.54, 1.807) is 6.92 Å². The molecule has 0 saturated heterocycles. The van der Waals surface area contributed by atoms with Gasteiger partial charge in [-0.15, -0.1) is 0 Å². The van der Waals surface area contributed by atoms with Crippen molar-refractivity contribution in [3.8, 4) is 0 Å². The van der Waals surface area contributed by atoms with Crippen LogP contribution >= 0.6 is 0 Å². The van der Waals surface area contributed by atoms with Crippen LogP contribution in [-0.4, -0.2) is 17.1 Å². The maximum Gasteiger partial charge on any atom is 0.332 e. The zero-order valence-corrected chi connectivity index (χ0v) is 9.70. The number of hydrogen-bond donors (Lipinski definition) is 0. The average molecular weight is 207 g/mol. The predicted octanol–water partition coefficient (Wildman–Crippen LogP) is 2.53. The monoisotopic (exact) mass is 207 g/mol. The largest absolute Gasteiger partial charge is 0.463 e. The zero-order chi connectivity index (χ0) is 11.4. The van der Waals surface area contributed by atoms with Gasteiger partial charge in [-0.3, -0.25) is 0 Å². The van der Waals surface area contributed by atoms with E-state index in [4.69, 9.17) is 4.74 Å². The molecule has 0 atom stereocenters. The second kappa shape index (κ2) is 4.82. The van der Waals surface area contributed by atoms with Crippen molar-refractivity contribution in [2.45, 2.75) is 27.7 Å². The normalized spacial score (nSPS) is 11.6. The Morgan fingerprint density at radius 1 is 1.53 bits per heavy atom. The molecule has 0 aliphatic rings. The topological polar surface area (TPSA) is 31.2 Å². The van der Waals surface area contributed by atoms with Crippen LogP contribution in [0.5, 0.6) is 0 Å². The van der Waals surface area contributed by atoms with E-state index in [-0.39, 0.29) is 5.97 Å². The summed E-state index contributed by atoms with van der Waals surface area (Å²) < 4.78 is 6.83. The lowest BCUT2D eigenvalue weighted by atomic mass is 10.3. The number of hydrogen-bond acceptors (Lipinski definition) is 2. The summed E-state index contributed by atoms with van der Waals surface area (Å²) in [4.78, 5) is 11.2. The van der Waals surface area contributed by atoms with Crippen molar-refractivity contribution in [3.05, 3.63) is 29.6 Å². The fourth-order valence-corrected chi connectivity index (χ4v) is 1.55. The smallest absolute Gasteiger partial charge is 0.332 e. The summed E-state index contributed by atoms with van der Waals surface area (Å²) >= 11 is 0. The van der Waals surface area contributed by atoms with Crippen LogP contribution in [-0.2, 0) is 9.53 Å². The van der Waals surface area contributed by atoms with Gasteiger partial charge in [0.25, 0.3) is 0 Å². The number of carbonyl (C=O) groups is 1. The van der Waals surface area contributed by atoms with E-state index in [9.17, 15) is 4.79 Å². The van der Waals surface area contributed by atoms with Crippen molar-refractivity contribution in [3.63, 3.8) is 0 Å². The molecule has 0 bridgehead atoms. The molecule has 0 N–H and O–H groups in total. The van der Waals surface area contributed by atoms with Gasteiger partial charge in [0.2, 0.25) is 0 Å². The molecule has 0 aromatic carbocycles. The lowest BCUT2D eigenvalue weighted by Crippen LogP contribution is -2.03. The summed E-state index contributed by atoms with van der Waals surface area (Å²) in [6, 6.07) is 2.07. The van der Waals surface area contributed by atoms with E-state index in [1.807, 2.05) is 31.5 Å². The second-order valence-corrected chi connectivity index (χ2v) is 3.57. The van der Waals surface area contributed by atoms with Crippen LogP contribution in [0.25, 0.3) is 5.70 Å². The van der Waals surface area contributed by atoms with Crippen LogP contribution in [0.3, 0.4) is 0 Å². The Bertz CT molecular complexity index is 388. The van der Waals surface area contributed by atoms with Gasteiger partial charge in [0.05, 0.1) is 6.61 Å². The number of nitrogens with zero attached hydrogens (tertiary/aromatic N) is 1. The Balaban J connectivity index is 2.88. The lowest BCUT2D eigenvalue weighted by molar-refractivity contribution is -0.137. The number of allylic oxidation sites excluding steroid dienone is 1. The molecule has 1 rings (SSSR count). The summed E-state index contributed by atoms with van der Waals surface area (Å²) in [6.07, 6.45) is 3.51. The summed E-state index contributed by atoms with van der Waals surface area (Å²) in [6.45, 7) is 8.14. The van der Waals surface area contributed by atoms with Crippen LogP contribution in [0.15, 0.2) is 18.3 Å². The molecule has 0 amide bonds. The van der Waals surface area contributed by atoms with Gasteiger partial charge in [-0.05, 0) is 39.3 Å². The van der Waals surface area contributed by atoms with Gasteiger partial charge in [0.15, 0.2) is 0 Å². The molecule has 3 nitrogen and oxygen atoms in total. The van der Waals surface area contributed by atoms with Crippen LogP contribution < -0.4 is 0 Å². The first kappa shape index (κ1) is 11.6. The average Bonchev–Trinajstić information content (AvgIpc) is 2.45. The molecule has 1 aromatic rings. The third kappa shape index (κ3) is 2.98. The van der Waals surface area contributed by atoms with E-state index >= 15 is 0 Å². The number of rotatable bonds is 3. The fraction of sp³-hybridized carbons (Fsp3) is 0.417. The zero-order valence-electron chi connectivity index (χ0n) is 9.70. The van der Waals surface area contributed by atoms with Gasteiger partial charge in [0, 0.05) is 23.7 Å². The number of esters is 1. The summed E-state index contributed by atoms with van der Waals surface area (Å²) in [5, 5.41) is 0. The molecular formula is C12H17NO2. The Labute approximate surface area is 90.4 Å². The van der Waals surface area contributed by atoms with Crippen LogP contribution in [0.2, 0.25) is 0 Å². The minimum atomic E-state index is -0.291. The van der Waals surface area contributed by atoms with Crippen molar-refractivity contribution in [2.75, 3.05) is 6.61 Å².